The second kappa shape index (κ2) is 9.79. The van der Waals surface area contributed by atoms with Gasteiger partial charge in [0.05, 0.1) is 0 Å². The quantitative estimate of drug-likeness (QED) is 0.428. The molecule has 1 N–H and O–H groups in total. The Morgan fingerprint density at radius 3 is 2.57 bits per heavy atom. The van der Waals surface area contributed by atoms with Crippen molar-refractivity contribution < 1.29 is 14.6 Å². The third-order valence-corrected chi connectivity index (χ3v) is 7.36. The minimum atomic E-state index is -0.243. The summed E-state index contributed by atoms with van der Waals surface area (Å²) in [5.74, 6) is 2.69. The lowest BCUT2D eigenvalue weighted by Gasteiger charge is -2.31. The van der Waals surface area contributed by atoms with Crippen LogP contribution < -0.4 is 9.47 Å². The zero-order valence-corrected chi connectivity index (χ0v) is 21.1. The number of rotatable bonds is 6. The molecule has 3 aromatic rings. The Hall–Kier alpha value is -3.24. The molecule has 3 unspecified atom stereocenters. The van der Waals surface area contributed by atoms with Crippen molar-refractivity contribution in [1.82, 2.24) is 4.90 Å². The van der Waals surface area contributed by atoms with Gasteiger partial charge in [-0.05, 0) is 86.7 Å². The van der Waals surface area contributed by atoms with Crippen LogP contribution >= 0.6 is 0 Å². The minimum absolute atomic E-state index is 0.243. The number of hydrogen-bond acceptors (Lipinski definition) is 4. The molecule has 0 radical (unpaired) electrons. The third-order valence-electron chi connectivity index (χ3n) is 7.36. The lowest BCUT2D eigenvalue weighted by Crippen LogP contribution is -2.35. The molecule has 35 heavy (non-hydrogen) atoms. The minimum Gasteiger partial charge on any atom is -0.508 e. The summed E-state index contributed by atoms with van der Waals surface area (Å²) in [7, 11) is 0. The number of aromatic hydroxyl groups is 1. The van der Waals surface area contributed by atoms with Crippen LogP contribution in [0.25, 0.3) is 11.1 Å². The van der Waals surface area contributed by atoms with Crippen LogP contribution in [0.5, 0.6) is 17.2 Å². The molecule has 2 heterocycles. The number of ether oxygens (including phenoxy) is 2. The van der Waals surface area contributed by atoms with Crippen LogP contribution in [0.4, 0.5) is 0 Å². The van der Waals surface area contributed by atoms with Crippen molar-refractivity contribution in [2.24, 2.45) is 5.92 Å². The molecule has 0 spiro atoms. The number of phenols is 1. The van der Waals surface area contributed by atoms with Gasteiger partial charge in [0.15, 0.2) is 0 Å². The van der Waals surface area contributed by atoms with Gasteiger partial charge >= 0.3 is 0 Å². The lowest BCUT2D eigenvalue weighted by molar-refractivity contribution is 0.169. The Morgan fingerprint density at radius 1 is 1.06 bits per heavy atom. The van der Waals surface area contributed by atoms with Crippen LogP contribution in [0.1, 0.15) is 55.5 Å². The van der Waals surface area contributed by atoms with E-state index in [0.29, 0.717) is 12.6 Å². The topological polar surface area (TPSA) is 41.9 Å². The van der Waals surface area contributed by atoms with Gasteiger partial charge in [0, 0.05) is 23.7 Å². The van der Waals surface area contributed by atoms with Gasteiger partial charge in [0.2, 0.25) is 0 Å². The van der Waals surface area contributed by atoms with E-state index in [0.717, 1.165) is 58.3 Å². The molecule has 0 aliphatic carbocycles. The summed E-state index contributed by atoms with van der Waals surface area (Å²) >= 11 is 0. The largest absolute Gasteiger partial charge is 0.508 e. The molecule has 1 saturated heterocycles. The summed E-state index contributed by atoms with van der Waals surface area (Å²) in [4.78, 5) is 2.52. The maximum Gasteiger partial charge on any atom is 0.150 e. The summed E-state index contributed by atoms with van der Waals surface area (Å²) in [5, 5.41) is 10.1. The first-order valence-corrected chi connectivity index (χ1v) is 12.6. The van der Waals surface area contributed by atoms with Gasteiger partial charge in [-0.3, -0.25) is 4.90 Å². The van der Waals surface area contributed by atoms with Crippen molar-refractivity contribution in [3.8, 4) is 17.2 Å². The molecule has 0 saturated carbocycles. The predicted molar refractivity (Wildman–Crippen MR) is 142 cm³/mol. The fraction of sp³-hybridized carbons (Fsp3) is 0.355. The van der Waals surface area contributed by atoms with E-state index in [2.05, 4.69) is 69.0 Å². The van der Waals surface area contributed by atoms with E-state index in [9.17, 15) is 5.11 Å². The predicted octanol–water partition coefficient (Wildman–Crippen LogP) is 6.87. The number of benzene rings is 3. The summed E-state index contributed by atoms with van der Waals surface area (Å²) in [6.45, 7) is 11.8. The molecule has 2 aliphatic rings. The highest BCUT2D eigenvalue weighted by atomic mass is 16.5. The fourth-order valence-electron chi connectivity index (χ4n) is 5.29. The first-order valence-electron chi connectivity index (χ1n) is 12.6. The summed E-state index contributed by atoms with van der Waals surface area (Å²) in [5.41, 5.74) is 6.59. The molecule has 0 bridgehead atoms. The molecule has 4 nitrogen and oxygen atoms in total. The van der Waals surface area contributed by atoms with E-state index in [1.54, 1.807) is 12.1 Å². The monoisotopic (exact) mass is 469 g/mol. The number of aryl methyl sites for hydroxylation is 1. The lowest BCUT2D eigenvalue weighted by atomic mass is 9.85. The highest BCUT2D eigenvalue weighted by molar-refractivity contribution is 5.95. The van der Waals surface area contributed by atoms with Crippen molar-refractivity contribution >= 4 is 11.1 Å². The van der Waals surface area contributed by atoms with Crippen LogP contribution in [0.3, 0.4) is 0 Å². The molecular weight excluding hydrogens is 434 g/mol. The van der Waals surface area contributed by atoms with Crippen molar-refractivity contribution in [3.05, 3.63) is 89.0 Å². The van der Waals surface area contributed by atoms with E-state index < -0.39 is 0 Å². The Labute approximate surface area is 208 Å². The second-order valence-corrected chi connectivity index (χ2v) is 10.2. The standard InChI is InChI=1S/C31H35NO3/c1-20-6-5-7-25(16-20)30-23(4)28-17-26(33)10-13-29(28)35-31(30)24-8-11-27(12-9-24)34-19-22(3)32-15-14-21(2)18-32/h5-13,16-17,21-22,31,33H,14-15,18-19H2,1-4H3. The summed E-state index contributed by atoms with van der Waals surface area (Å²) in [6.07, 6.45) is 1.03. The maximum atomic E-state index is 10.1. The van der Waals surface area contributed by atoms with E-state index in [1.165, 1.54) is 12.0 Å². The molecule has 182 valence electrons. The molecule has 5 rings (SSSR count). The van der Waals surface area contributed by atoms with Crippen molar-refractivity contribution in [1.29, 1.82) is 0 Å². The molecule has 0 aromatic heterocycles. The number of nitrogens with zero attached hydrogens (tertiary/aromatic N) is 1. The van der Waals surface area contributed by atoms with Gasteiger partial charge in [-0.15, -0.1) is 0 Å². The molecular formula is C31H35NO3. The highest BCUT2D eigenvalue weighted by Crippen LogP contribution is 2.47. The Balaban J connectivity index is 1.41. The second-order valence-electron chi connectivity index (χ2n) is 10.2. The van der Waals surface area contributed by atoms with E-state index in [1.807, 2.05) is 18.2 Å². The van der Waals surface area contributed by atoms with Crippen LogP contribution in [0.2, 0.25) is 0 Å². The van der Waals surface area contributed by atoms with Gasteiger partial charge in [-0.1, -0.05) is 48.9 Å². The van der Waals surface area contributed by atoms with E-state index >= 15 is 0 Å². The van der Waals surface area contributed by atoms with Gasteiger partial charge in [-0.25, -0.2) is 0 Å². The average molecular weight is 470 g/mol. The van der Waals surface area contributed by atoms with Gasteiger partial charge in [0.25, 0.3) is 0 Å². The molecule has 2 aliphatic heterocycles. The van der Waals surface area contributed by atoms with Crippen LogP contribution in [0.15, 0.2) is 66.7 Å². The molecule has 4 heteroatoms. The zero-order chi connectivity index (χ0) is 24.5. The maximum absolute atomic E-state index is 10.1. The summed E-state index contributed by atoms with van der Waals surface area (Å²) < 4.78 is 12.7. The number of fused-ring (bicyclic) bond motifs is 1. The first-order chi connectivity index (χ1) is 16.9. The molecule has 3 atom stereocenters. The Kier molecular flexibility index (Phi) is 6.57. The average Bonchev–Trinajstić information content (AvgIpc) is 3.29. The van der Waals surface area contributed by atoms with Gasteiger partial charge in [0.1, 0.15) is 30.0 Å². The van der Waals surface area contributed by atoms with Crippen LogP contribution in [-0.2, 0) is 0 Å². The number of phenolic OH excluding ortho intramolecular Hbond substituents is 1. The van der Waals surface area contributed by atoms with E-state index in [4.69, 9.17) is 9.47 Å². The molecule has 3 aromatic carbocycles. The first kappa shape index (κ1) is 23.5. The van der Waals surface area contributed by atoms with Crippen molar-refractivity contribution in [2.75, 3.05) is 19.7 Å². The molecule has 1 fully saturated rings. The van der Waals surface area contributed by atoms with Crippen LogP contribution in [0, 0.1) is 12.8 Å². The van der Waals surface area contributed by atoms with Gasteiger partial charge in [-0.2, -0.15) is 0 Å². The van der Waals surface area contributed by atoms with Crippen molar-refractivity contribution in [3.63, 3.8) is 0 Å². The number of likely N-dealkylation sites (tertiary alicyclic amines) is 1. The van der Waals surface area contributed by atoms with Crippen LogP contribution in [-0.4, -0.2) is 35.7 Å². The highest BCUT2D eigenvalue weighted by Gasteiger charge is 2.30. The van der Waals surface area contributed by atoms with Crippen molar-refractivity contribution in [2.45, 2.75) is 46.3 Å². The third kappa shape index (κ3) is 4.94. The fourth-order valence-corrected chi connectivity index (χ4v) is 5.29. The Bertz CT molecular complexity index is 1230. The zero-order valence-electron chi connectivity index (χ0n) is 21.1. The number of hydrogen-bond donors (Lipinski definition) is 1. The number of allylic oxidation sites excluding steroid dienone is 1. The van der Waals surface area contributed by atoms with E-state index in [-0.39, 0.29) is 11.9 Å². The summed E-state index contributed by atoms with van der Waals surface area (Å²) in [6, 6.07) is 22.6. The van der Waals surface area contributed by atoms with Gasteiger partial charge < -0.3 is 14.6 Å². The molecule has 0 amide bonds. The smallest absolute Gasteiger partial charge is 0.150 e. The normalized spacial score (nSPS) is 20.9. The SMILES string of the molecule is CC1=C(c2cccc(C)c2)C(c2ccc(OCC(C)N3CCC(C)C3)cc2)Oc2ccc(O)cc21. The Morgan fingerprint density at radius 2 is 1.86 bits per heavy atom.